The van der Waals surface area contributed by atoms with E-state index in [0.29, 0.717) is 0 Å². The summed E-state index contributed by atoms with van der Waals surface area (Å²) in [7, 11) is 2.76. The Balaban J connectivity index is 4.13. The lowest BCUT2D eigenvalue weighted by Gasteiger charge is -2.26. The Morgan fingerprint density at radius 1 is 1.15 bits per heavy atom. The van der Waals surface area contributed by atoms with Gasteiger partial charge in [0.15, 0.2) is 0 Å². The zero-order chi connectivity index (χ0) is 16.0. The van der Waals surface area contributed by atoms with Crippen molar-refractivity contribution in [1.82, 2.24) is 10.5 Å². The van der Waals surface area contributed by atoms with E-state index < -0.39 is 23.4 Å². The molecule has 0 fully saturated rings. The molecule has 0 heterocycles. The minimum Gasteiger partial charge on any atom is -0.446 e. The fraction of sp³-hybridized carbons (Fsp3) is 0.833. The highest BCUT2D eigenvalue weighted by Gasteiger charge is 2.25. The standard InChI is InChI=1S/C12H24N2O6/c1-11(2,3)19-10(16)20-13-12(4,5)8-18-9(15)14(6)17-7/h13H,8H2,1-7H3. The SMILES string of the molecule is CON(C)C(=O)OCC(C)(C)NOC(=O)OC(C)(C)C. The molecule has 0 radical (unpaired) electrons. The van der Waals surface area contributed by atoms with Crippen LogP contribution in [0.5, 0.6) is 0 Å². The van der Waals surface area contributed by atoms with Crippen LogP contribution in [0.3, 0.4) is 0 Å². The summed E-state index contributed by atoms with van der Waals surface area (Å²) in [6.07, 6.45) is -1.51. The van der Waals surface area contributed by atoms with Crippen LogP contribution in [-0.2, 0) is 19.1 Å². The van der Waals surface area contributed by atoms with Crippen molar-refractivity contribution in [2.45, 2.75) is 45.8 Å². The van der Waals surface area contributed by atoms with Crippen LogP contribution in [0.1, 0.15) is 34.6 Å². The third-order valence-electron chi connectivity index (χ3n) is 1.89. The zero-order valence-corrected chi connectivity index (χ0v) is 13.1. The monoisotopic (exact) mass is 292 g/mol. The maximum absolute atomic E-state index is 11.4. The van der Waals surface area contributed by atoms with Crippen LogP contribution >= 0.6 is 0 Å². The number of amides is 1. The molecule has 0 saturated heterocycles. The third kappa shape index (κ3) is 8.54. The largest absolute Gasteiger partial charge is 0.528 e. The topological polar surface area (TPSA) is 86.3 Å². The van der Waals surface area contributed by atoms with Gasteiger partial charge >= 0.3 is 12.2 Å². The van der Waals surface area contributed by atoms with Crippen LogP contribution in [0.25, 0.3) is 0 Å². The molecule has 8 nitrogen and oxygen atoms in total. The van der Waals surface area contributed by atoms with Gasteiger partial charge in [-0.2, -0.15) is 5.06 Å². The molecule has 1 amide bonds. The maximum Gasteiger partial charge on any atom is 0.528 e. The van der Waals surface area contributed by atoms with Crippen molar-refractivity contribution in [3.8, 4) is 0 Å². The summed E-state index contributed by atoms with van der Waals surface area (Å²) in [6.45, 7) is 8.53. The Morgan fingerprint density at radius 3 is 2.15 bits per heavy atom. The lowest BCUT2D eigenvalue weighted by atomic mass is 10.1. The van der Waals surface area contributed by atoms with Gasteiger partial charge in [0, 0.05) is 7.05 Å². The second-order valence-corrected chi connectivity index (χ2v) is 5.79. The van der Waals surface area contributed by atoms with Gasteiger partial charge in [-0.15, -0.1) is 5.48 Å². The van der Waals surface area contributed by atoms with E-state index in [1.54, 1.807) is 34.6 Å². The third-order valence-corrected chi connectivity index (χ3v) is 1.89. The van der Waals surface area contributed by atoms with Crippen molar-refractivity contribution < 1.29 is 28.7 Å². The number of ether oxygens (including phenoxy) is 2. The van der Waals surface area contributed by atoms with Gasteiger partial charge < -0.3 is 14.3 Å². The molecular formula is C12H24N2O6. The number of carbonyl (C=O) groups is 2. The van der Waals surface area contributed by atoms with Crippen LogP contribution in [0.15, 0.2) is 0 Å². The first-order valence-electron chi connectivity index (χ1n) is 6.08. The Morgan fingerprint density at radius 2 is 1.70 bits per heavy atom. The van der Waals surface area contributed by atoms with E-state index in [1.807, 2.05) is 0 Å². The van der Waals surface area contributed by atoms with Gasteiger partial charge in [-0.05, 0) is 34.6 Å². The number of rotatable bonds is 5. The number of nitrogens with one attached hydrogen (secondary N) is 1. The predicted molar refractivity (Wildman–Crippen MR) is 70.7 cm³/mol. The number of hydrogen-bond acceptors (Lipinski definition) is 7. The van der Waals surface area contributed by atoms with Crippen molar-refractivity contribution in [1.29, 1.82) is 0 Å². The number of hydroxylamine groups is 3. The Labute approximate surface area is 119 Å². The molecule has 0 aliphatic heterocycles. The smallest absolute Gasteiger partial charge is 0.446 e. The molecular weight excluding hydrogens is 268 g/mol. The molecule has 8 heteroatoms. The first-order chi connectivity index (χ1) is 8.97. The van der Waals surface area contributed by atoms with Gasteiger partial charge in [-0.3, -0.25) is 4.84 Å². The van der Waals surface area contributed by atoms with Gasteiger partial charge in [0.1, 0.15) is 12.2 Å². The van der Waals surface area contributed by atoms with Crippen molar-refractivity contribution in [3.63, 3.8) is 0 Å². The molecule has 0 aliphatic rings. The minimum absolute atomic E-state index is 0.0255. The van der Waals surface area contributed by atoms with E-state index in [0.717, 1.165) is 5.06 Å². The lowest BCUT2D eigenvalue weighted by Crippen LogP contribution is -2.46. The summed E-state index contributed by atoms with van der Waals surface area (Å²) < 4.78 is 9.91. The molecule has 0 rings (SSSR count). The zero-order valence-electron chi connectivity index (χ0n) is 13.1. The molecule has 0 aliphatic carbocycles. The van der Waals surface area contributed by atoms with Gasteiger partial charge in [0.05, 0.1) is 12.6 Å². The molecule has 0 aromatic heterocycles. The highest BCUT2D eigenvalue weighted by Crippen LogP contribution is 2.09. The quantitative estimate of drug-likeness (QED) is 0.611. The Hall–Kier alpha value is -1.54. The summed E-state index contributed by atoms with van der Waals surface area (Å²) >= 11 is 0. The van der Waals surface area contributed by atoms with Gasteiger partial charge in [-0.25, -0.2) is 9.59 Å². The Kier molecular flexibility index (Phi) is 6.74. The van der Waals surface area contributed by atoms with E-state index in [9.17, 15) is 9.59 Å². The Bertz CT molecular complexity index is 337. The molecule has 0 unspecified atom stereocenters. The van der Waals surface area contributed by atoms with E-state index in [2.05, 4.69) is 10.3 Å². The molecule has 0 aromatic carbocycles. The highest BCUT2D eigenvalue weighted by atomic mass is 16.8. The molecule has 0 bridgehead atoms. The summed E-state index contributed by atoms with van der Waals surface area (Å²) in [4.78, 5) is 32.1. The van der Waals surface area contributed by atoms with Crippen molar-refractivity contribution >= 4 is 12.2 Å². The fourth-order valence-electron chi connectivity index (χ4n) is 0.888. The van der Waals surface area contributed by atoms with Crippen molar-refractivity contribution in [2.75, 3.05) is 20.8 Å². The summed E-state index contributed by atoms with van der Waals surface area (Å²) in [5, 5.41) is 0.935. The summed E-state index contributed by atoms with van der Waals surface area (Å²) in [5.74, 6) is 0. The van der Waals surface area contributed by atoms with Crippen LogP contribution in [-0.4, -0.2) is 49.2 Å². The van der Waals surface area contributed by atoms with Crippen LogP contribution in [0, 0.1) is 0 Å². The molecule has 118 valence electrons. The number of hydrogen-bond donors (Lipinski definition) is 1. The van der Waals surface area contributed by atoms with Gasteiger partial charge in [0.2, 0.25) is 0 Å². The van der Waals surface area contributed by atoms with Gasteiger partial charge in [0.25, 0.3) is 0 Å². The first kappa shape index (κ1) is 18.5. The highest BCUT2D eigenvalue weighted by molar-refractivity contribution is 5.65. The van der Waals surface area contributed by atoms with E-state index in [1.165, 1.54) is 14.2 Å². The predicted octanol–water partition coefficient (Wildman–Crippen LogP) is 1.85. The van der Waals surface area contributed by atoms with Crippen LogP contribution < -0.4 is 5.48 Å². The maximum atomic E-state index is 11.4. The van der Waals surface area contributed by atoms with Crippen LogP contribution in [0.2, 0.25) is 0 Å². The summed E-state index contributed by atoms with van der Waals surface area (Å²) in [6, 6.07) is 0. The average Bonchev–Trinajstić information content (AvgIpc) is 2.30. The number of nitrogens with zero attached hydrogens (tertiary/aromatic N) is 1. The first-order valence-corrected chi connectivity index (χ1v) is 6.08. The normalized spacial score (nSPS) is 11.8. The molecule has 0 aromatic rings. The summed E-state index contributed by atoms with van der Waals surface area (Å²) in [5.41, 5.74) is 1.06. The second kappa shape index (κ2) is 7.30. The van der Waals surface area contributed by atoms with E-state index >= 15 is 0 Å². The fourth-order valence-corrected chi connectivity index (χ4v) is 0.888. The van der Waals surface area contributed by atoms with Crippen molar-refractivity contribution in [2.24, 2.45) is 0 Å². The molecule has 20 heavy (non-hydrogen) atoms. The average molecular weight is 292 g/mol. The van der Waals surface area contributed by atoms with Gasteiger partial charge in [-0.1, -0.05) is 0 Å². The van der Waals surface area contributed by atoms with Crippen LogP contribution in [0.4, 0.5) is 9.59 Å². The number of carbonyl (C=O) groups excluding carboxylic acids is 2. The van der Waals surface area contributed by atoms with E-state index in [4.69, 9.17) is 14.3 Å². The van der Waals surface area contributed by atoms with Crippen molar-refractivity contribution in [3.05, 3.63) is 0 Å². The van der Waals surface area contributed by atoms with E-state index in [-0.39, 0.29) is 6.61 Å². The molecule has 1 N–H and O–H groups in total. The minimum atomic E-state index is -0.856. The molecule has 0 atom stereocenters. The molecule has 0 saturated carbocycles. The lowest BCUT2D eigenvalue weighted by molar-refractivity contribution is -0.0994. The second-order valence-electron chi connectivity index (χ2n) is 5.79. The molecule has 0 spiro atoms.